The SMILES string of the molecule is CC(C)n1ncc(Cl)c1C(O)CCN(C)C. The fraction of sp³-hybridized carbons (Fsp3) is 0.727. The molecule has 0 spiro atoms. The topological polar surface area (TPSA) is 41.3 Å². The molecule has 0 aliphatic heterocycles. The van der Waals surface area contributed by atoms with Gasteiger partial charge in [-0.25, -0.2) is 0 Å². The monoisotopic (exact) mass is 245 g/mol. The van der Waals surface area contributed by atoms with Crippen LogP contribution in [0.4, 0.5) is 0 Å². The van der Waals surface area contributed by atoms with Crippen LogP contribution >= 0.6 is 11.6 Å². The molecule has 0 saturated carbocycles. The van der Waals surface area contributed by atoms with Gasteiger partial charge < -0.3 is 10.0 Å². The number of hydrogen-bond acceptors (Lipinski definition) is 3. The first-order valence-electron chi connectivity index (χ1n) is 5.49. The van der Waals surface area contributed by atoms with Crippen molar-refractivity contribution in [2.24, 2.45) is 0 Å². The number of aliphatic hydroxyl groups excluding tert-OH is 1. The zero-order valence-corrected chi connectivity index (χ0v) is 11.1. The summed E-state index contributed by atoms with van der Waals surface area (Å²) in [7, 11) is 3.96. The summed E-state index contributed by atoms with van der Waals surface area (Å²) < 4.78 is 1.78. The van der Waals surface area contributed by atoms with Crippen LogP contribution in [0.3, 0.4) is 0 Å². The van der Waals surface area contributed by atoms with E-state index in [-0.39, 0.29) is 6.04 Å². The van der Waals surface area contributed by atoms with Crippen LogP contribution in [0.5, 0.6) is 0 Å². The molecule has 0 saturated heterocycles. The normalized spacial score (nSPS) is 13.8. The quantitative estimate of drug-likeness (QED) is 0.864. The molecule has 1 N–H and O–H groups in total. The van der Waals surface area contributed by atoms with Crippen LogP contribution in [0, 0.1) is 0 Å². The Hall–Kier alpha value is -0.580. The molecule has 0 bridgehead atoms. The minimum Gasteiger partial charge on any atom is -0.387 e. The molecule has 0 fully saturated rings. The molecule has 0 aliphatic carbocycles. The maximum Gasteiger partial charge on any atom is 0.0984 e. The second kappa shape index (κ2) is 5.66. The highest BCUT2D eigenvalue weighted by Gasteiger charge is 2.19. The van der Waals surface area contributed by atoms with Gasteiger partial charge in [0.15, 0.2) is 0 Å². The summed E-state index contributed by atoms with van der Waals surface area (Å²) in [5, 5.41) is 14.8. The number of aliphatic hydroxyl groups is 1. The summed E-state index contributed by atoms with van der Waals surface area (Å²) in [6.07, 6.45) is 1.70. The van der Waals surface area contributed by atoms with Crippen molar-refractivity contribution in [1.29, 1.82) is 0 Å². The third-order valence-corrected chi connectivity index (χ3v) is 2.73. The molecule has 0 aromatic carbocycles. The van der Waals surface area contributed by atoms with E-state index in [4.69, 9.17) is 11.6 Å². The maximum atomic E-state index is 10.1. The molecule has 5 heteroatoms. The van der Waals surface area contributed by atoms with Crippen molar-refractivity contribution in [2.75, 3.05) is 20.6 Å². The Morgan fingerprint density at radius 3 is 2.62 bits per heavy atom. The maximum absolute atomic E-state index is 10.1. The van der Waals surface area contributed by atoms with Gasteiger partial charge in [-0.1, -0.05) is 11.6 Å². The Bertz CT molecular complexity index is 336. The number of halogens is 1. The zero-order chi connectivity index (χ0) is 12.3. The molecular weight excluding hydrogens is 226 g/mol. The number of nitrogens with zero attached hydrogens (tertiary/aromatic N) is 3. The van der Waals surface area contributed by atoms with Crippen LogP contribution in [-0.2, 0) is 0 Å². The lowest BCUT2D eigenvalue weighted by Crippen LogP contribution is -2.18. The zero-order valence-electron chi connectivity index (χ0n) is 10.3. The van der Waals surface area contributed by atoms with Crippen LogP contribution in [0.1, 0.15) is 38.1 Å². The van der Waals surface area contributed by atoms with Crippen molar-refractivity contribution in [2.45, 2.75) is 32.4 Å². The van der Waals surface area contributed by atoms with Gasteiger partial charge in [-0.3, -0.25) is 4.68 Å². The molecular formula is C11H20ClN3O. The van der Waals surface area contributed by atoms with E-state index in [0.717, 1.165) is 12.2 Å². The van der Waals surface area contributed by atoms with Gasteiger partial charge in [0.1, 0.15) is 0 Å². The van der Waals surface area contributed by atoms with E-state index in [0.29, 0.717) is 11.4 Å². The summed E-state index contributed by atoms with van der Waals surface area (Å²) in [4.78, 5) is 2.03. The molecule has 1 rings (SSSR count). The molecule has 1 aromatic rings. The van der Waals surface area contributed by atoms with Crippen LogP contribution < -0.4 is 0 Å². The van der Waals surface area contributed by atoms with E-state index >= 15 is 0 Å². The Balaban J connectivity index is 2.81. The minimum absolute atomic E-state index is 0.205. The van der Waals surface area contributed by atoms with Crippen LogP contribution in [0.2, 0.25) is 5.02 Å². The van der Waals surface area contributed by atoms with Gasteiger partial charge in [-0.2, -0.15) is 5.10 Å². The molecule has 16 heavy (non-hydrogen) atoms. The summed E-state index contributed by atoms with van der Waals surface area (Å²) in [5.41, 5.74) is 0.721. The van der Waals surface area contributed by atoms with E-state index < -0.39 is 6.10 Å². The van der Waals surface area contributed by atoms with E-state index in [1.807, 2.05) is 32.8 Å². The standard InChI is InChI=1S/C11H20ClN3O/c1-8(2)15-11(9(12)7-13-15)10(16)5-6-14(3)4/h7-8,10,16H,5-6H2,1-4H3. The van der Waals surface area contributed by atoms with Gasteiger partial charge in [0.05, 0.1) is 23.0 Å². The smallest absolute Gasteiger partial charge is 0.0984 e. The Labute approximate surface area is 102 Å². The predicted octanol–water partition coefficient (Wildman–Crippen LogP) is 2.10. The Kier molecular flexibility index (Phi) is 4.77. The molecule has 0 radical (unpaired) electrons. The van der Waals surface area contributed by atoms with Gasteiger partial charge in [0.2, 0.25) is 0 Å². The Morgan fingerprint density at radius 1 is 1.50 bits per heavy atom. The van der Waals surface area contributed by atoms with Crippen molar-refractivity contribution in [3.8, 4) is 0 Å². The molecule has 92 valence electrons. The van der Waals surface area contributed by atoms with E-state index in [1.165, 1.54) is 0 Å². The molecule has 0 aliphatic rings. The summed E-state index contributed by atoms with van der Waals surface area (Å²) in [5.74, 6) is 0. The third-order valence-electron chi connectivity index (χ3n) is 2.44. The number of rotatable bonds is 5. The van der Waals surface area contributed by atoms with Crippen LogP contribution in [0.15, 0.2) is 6.20 Å². The lowest BCUT2D eigenvalue weighted by atomic mass is 10.1. The van der Waals surface area contributed by atoms with Crippen LogP contribution in [0.25, 0.3) is 0 Å². The second-order valence-electron chi connectivity index (χ2n) is 4.52. The molecule has 1 aromatic heterocycles. The van der Waals surface area contributed by atoms with Crippen molar-refractivity contribution in [3.05, 3.63) is 16.9 Å². The van der Waals surface area contributed by atoms with Crippen molar-refractivity contribution in [3.63, 3.8) is 0 Å². The summed E-state index contributed by atoms with van der Waals surface area (Å²) in [6, 6.07) is 0.205. The van der Waals surface area contributed by atoms with Crippen molar-refractivity contribution in [1.82, 2.24) is 14.7 Å². The highest BCUT2D eigenvalue weighted by Crippen LogP contribution is 2.27. The average molecular weight is 246 g/mol. The van der Waals surface area contributed by atoms with Crippen molar-refractivity contribution < 1.29 is 5.11 Å². The van der Waals surface area contributed by atoms with E-state index in [1.54, 1.807) is 10.9 Å². The van der Waals surface area contributed by atoms with E-state index in [2.05, 4.69) is 5.10 Å². The molecule has 1 unspecified atom stereocenters. The summed E-state index contributed by atoms with van der Waals surface area (Å²) >= 11 is 6.04. The summed E-state index contributed by atoms with van der Waals surface area (Å²) in [6.45, 7) is 4.86. The molecule has 1 atom stereocenters. The lowest BCUT2D eigenvalue weighted by molar-refractivity contribution is 0.142. The van der Waals surface area contributed by atoms with Gasteiger partial charge in [0.25, 0.3) is 0 Å². The van der Waals surface area contributed by atoms with Gasteiger partial charge in [-0.15, -0.1) is 0 Å². The van der Waals surface area contributed by atoms with Gasteiger partial charge in [-0.05, 0) is 34.4 Å². The molecule has 0 amide bonds. The average Bonchev–Trinajstić information content (AvgIpc) is 2.56. The van der Waals surface area contributed by atoms with E-state index in [9.17, 15) is 5.11 Å². The highest BCUT2D eigenvalue weighted by atomic mass is 35.5. The predicted molar refractivity (Wildman–Crippen MR) is 65.8 cm³/mol. The first-order chi connectivity index (χ1) is 7.43. The van der Waals surface area contributed by atoms with Crippen molar-refractivity contribution >= 4 is 11.6 Å². The van der Waals surface area contributed by atoms with Gasteiger partial charge >= 0.3 is 0 Å². The number of hydrogen-bond donors (Lipinski definition) is 1. The first-order valence-corrected chi connectivity index (χ1v) is 5.87. The highest BCUT2D eigenvalue weighted by molar-refractivity contribution is 6.31. The lowest BCUT2D eigenvalue weighted by Gasteiger charge is -2.18. The largest absolute Gasteiger partial charge is 0.387 e. The fourth-order valence-corrected chi connectivity index (χ4v) is 1.85. The van der Waals surface area contributed by atoms with Gasteiger partial charge in [0, 0.05) is 12.6 Å². The molecule has 4 nitrogen and oxygen atoms in total. The van der Waals surface area contributed by atoms with Crippen LogP contribution in [-0.4, -0.2) is 40.4 Å². The fourth-order valence-electron chi connectivity index (χ4n) is 1.59. The first kappa shape index (κ1) is 13.5. The third kappa shape index (κ3) is 3.20. The number of aromatic nitrogens is 2. The Morgan fingerprint density at radius 2 is 2.12 bits per heavy atom. The molecule has 1 heterocycles. The minimum atomic E-state index is -0.556. The second-order valence-corrected chi connectivity index (χ2v) is 4.93.